The fraction of sp³-hybridized carbons (Fsp3) is 0.280. The Balaban J connectivity index is 1.47. The summed E-state index contributed by atoms with van der Waals surface area (Å²) in [6.45, 7) is 1.20. The van der Waals surface area contributed by atoms with Crippen LogP contribution in [0.2, 0.25) is 0 Å². The zero-order valence-corrected chi connectivity index (χ0v) is 18.7. The highest BCUT2D eigenvalue weighted by molar-refractivity contribution is 7.50. The van der Waals surface area contributed by atoms with Gasteiger partial charge in [0, 0.05) is 24.5 Å². The van der Waals surface area contributed by atoms with Crippen molar-refractivity contribution in [2.24, 2.45) is 0 Å². The van der Waals surface area contributed by atoms with Gasteiger partial charge in [-0.15, -0.1) is 0 Å². The van der Waals surface area contributed by atoms with E-state index >= 15 is 0 Å². The van der Waals surface area contributed by atoms with E-state index in [0.29, 0.717) is 12.3 Å². The second-order valence-corrected chi connectivity index (χ2v) is 9.70. The lowest BCUT2D eigenvalue weighted by molar-refractivity contribution is 0.298. The van der Waals surface area contributed by atoms with Gasteiger partial charge in [-0.2, -0.15) is 0 Å². The van der Waals surface area contributed by atoms with Crippen LogP contribution >= 0.6 is 7.75 Å². The summed E-state index contributed by atoms with van der Waals surface area (Å²) >= 11 is 0. The van der Waals surface area contributed by atoms with Gasteiger partial charge in [0.25, 0.3) is 0 Å². The van der Waals surface area contributed by atoms with Gasteiger partial charge in [-0.1, -0.05) is 54.6 Å². The molecule has 0 bridgehead atoms. The van der Waals surface area contributed by atoms with Gasteiger partial charge in [-0.3, -0.25) is 0 Å². The Labute approximate surface area is 184 Å². The number of nitrogens with zero attached hydrogens (tertiary/aromatic N) is 2. The number of hydrogen-bond acceptors (Lipinski definition) is 3. The van der Waals surface area contributed by atoms with Crippen molar-refractivity contribution < 1.29 is 14.0 Å². The zero-order valence-electron chi connectivity index (χ0n) is 17.9. The van der Waals surface area contributed by atoms with Gasteiger partial charge < -0.3 is 14.3 Å². The van der Waals surface area contributed by atoms with E-state index in [1.165, 1.54) is 27.2 Å². The molecular weight excluding hydrogens is 407 g/mol. The van der Waals surface area contributed by atoms with E-state index in [-0.39, 0.29) is 0 Å². The summed E-state index contributed by atoms with van der Waals surface area (Å²) in [6, 6.07) is 17.3. The Kier molecular flexibility index (Phi) is 6.77. The van der Waals surface area contributed by atoms with Crippen LogP contribution in [0.5, 0.6) is 5.75 Å². The molecule has 0 radical (unpaired) electrons. The van der Waals surface area contributed by atoms with E-state index in [1.54, 1.807) is 31.3 Å². The van der Waals surface area contributed by atoms with Crippen LogP contribution in [0, 0.1) is 0 Å². The maximum Gasteiger partial charge on any atom is 0.458 e. The molecule has 31 heavy (non-hydrogen) atoms. The molecule has 1 unspecified atom stereocenters. The minimum absolute atomic E-state index is 0.395. The molecule has 6 heteroatoms. The number of para-hydroxylation sites is 2. The molecule has 5 nitrogen and oxygen atoms in total. The lowest BCUT2D eigenvalue weighted by atomic mass is 10.0. The van der Waals surface area contributed by atoms with Gasteiger partial charge in [0.1, 0.15) is 5.75 Å². The fourth-order valence-electron chi connectivity index (χ4n) is 4.05. The minimum Gasteiger partial charge on any atom is -0.413 e. The van der Waals surface area contributed by atoms with E-state index in [2.05, 4.69) is 53.5 Å². The number of fused-ring (bicyclic) bond motifs is 2. The molecule has 1 atom stereocenters. The van der Waals surface area contributed by atoms with Crippen LogP contribution in [-0.4, -0.2) is 29.7 Å². The molecule has 0 saturated heterocycles. The van der Waals surface area contributed by atoms with Gasteiger partial charge in [-0.05, 0) is 68.1 Å². The minimum atomic E-state index is -3.91. The first kappa shape index (κ1) is 21.6. The Hall–Kier alpha value is -2.59. The van der Waals surface area contributed by atoms with Gasteiger partial charge in [-0.25, -0.2) is 9.24 Å². The van der Waals surface area contributed by atoms with Crippen molar-refractivity contribution in [1.29, 1.82) is 0 Å². The Bertz CT molecular complexity index is 1050. The van der Waals surface area contributed by atoms with Gasteiger partial charge >= 0.3 is 7.75 Å². The number of benzene rings is 2. The second-order valence-electron chi connectivity index (χ2n) is 7.86. The molecule has 1 aliphatic carbocycles. The molecule has 162 valence electrons. The first-order valence-corrected chi connectivity index (χ1v) is 12.3. The van der Waals surface area contributed by atoms with Gasteiger partial charge in [0.2, 0.25) is 0 Å². The molecule has 1 aliphatic heterocycles. The van der Waals surface area contributed by atoms with E-state index in [4.69, 9.17) is 4.52 Å². The third kappa shape index (κ3) is 5.19. The SMILES string of the molecule is CN(CCCN1C2=CC=CCC=C2CCc2ccccc21)P(=O)(O)Oc1ccccc1. The predicted molar refractivity (Wildman–Crippen MR) is 126 cm³/mol. The van der Waals surface area contributed by atoms with Crippen LogP contribution in [0.4, 0.5) is 5.69 Å². The van der Waals surface area contributed by atoms with Gasteiger partial charge in [0.15, 0.2) is 0 Å². The van der Waals surface area contributed by atoms with Crippen molar-refractivity contribution >= 4 is 13.4 Å². The standard InChI is InChI=1S/C25H29N2O3P/c1-26(31(28,29)30-23-13-5-3-6-14-23)19-10-20-27-24-15-7-2-4-11-21(24)17-18-22-12-8-9-16-25(22)27/h2-3,5-9,11-16H,4,10,17-20H2,1H3,(H,28,29). The highest BCUT2D eigenvalue weighted by Gasteiger charge is 2.28. The molecule has 4 rings (SSSR count). The van der Waals surface area contributed by atoms with Crippen molar-refractivity contribution in [3.8, 4) is 5.75 Å². The quantitative estimate of drug-likeness (QED) is 0.564. The van der Waals surface area contributed by atoms with Crippen molar-refractivity contribution in [3.63, 3.8) is 0 Å². The van der Waals surface area contributed by atoms with Crippen molar-refractivity contribution in [2.75, 3.05) is 25.0 Å². The first-order valence-electron chi connectivity index (χ1n) is 10.8. The van der Waals surface area contributed by atoms with Crippen molar-refractivity contribution in [1.82, 2.24) is 4.67 Å². The molecule has 2 aromatic carbocycles. The lowest BCUT2D eigenvalue weighted by Gasteiger charge is -2.29. The summed E-state index contributed by atoms with van der Waals surface area (Å²) in [4.78, 5) is 12.8. The van der Waals surface area contributed by atoms with Crippen LogP contribution in [0.1, 0.15) is 24.8 Å². The summed E-state index contributed by atoms with van der Waals surface area (Å²) in [6.07, 6.45) is 12.5. The fourth-order valence-corrected chi connectivity index (χ4v) is 4.98. The topological polar surface area (TPSA) is 53.0 Å². The monoisotopic (exact) mass is 436 g/mol. The third-order valence-corrected chi connectivity index (χ3v) is 7.23. The second kappa shape index (κ2) is 9.69. The molecule has 2 aromatic rings. The highest BCUT2D eigenvalue weighted by Crippen LogP contribution is 2.45. The van der Waals surface area contributed by atoms with Crippen LogP contribution in [-0.2, 0) is 11.0 Å². The maximum atomic E-state index is 12.7. The average Bonchev–Trinajstić information content (AvgIpc) is 3.08. The molecule has 1 heterocycles. The predicted octanol–water partition coefficient (Wildman–Crippen LogP) is 5.71. The van der Waals surface area contributed by atoms with Crippen LogP contribution in [0.3, 0.4) is 0 Å². The van der Waals surface area contributed by atoms with Crippen LogP contribution < -0.4 is 9.42 Å². The van der Waals surface area contributed by atoms with E-state index in [1.807, 2.05) is 6.07 Å². The molecule has 2 aliphatic rings. The molecular formula is C25H29N2O3P. The maximum absolute atomic E-state index is 12.7. The smallest absolute Gasteiger partial charge is 0.413 e. The number of allylic oxidation sites excluding steroid dienone is 5. The number of aryl methyl sites for hydroxylation is 1. The van der Waals surface area contributed by atoms with Crippen LogP contribution in [0.15, 0.2) is 90.2 Å². The summed E-state index contributed by atoms with van der Waals surface area (Å²) in [7, 11) is -2.27. The highest BCUT2D eigenvalue weighted by atomic mass is 31.2. The summed E-state index contributed by atoms with van der Waals surface area (Å²) in [5.74, 6) is 0.395. The summed E-state index contributed by atoms with van der Waals surface area (Å²) < 4.78 is 19.5. The Morgan fingerprint density at radius 3 is 2.71 bits per heavy atom. The summed E-state index contributed by atoms with van der Waals surface area (Å²) in [5, 5.41) is 0. The van der Waals surface area contributed by atoms with Crippen molar-refractivity contribution in [2.45, 2.75) is 25.7 Å². The van der Waals surface area contributed by atoms with Gasteiger partial charge in [0.05, 0.1) is 0 Å². The van der Waals surface area contributed by atoms with E-state index < -0.39 is 7.75 Å². The molecule has 0 spiro atoms. The lowest BCUT2D eigenvalue weighted by Crippen LogP contribution is -2.28. The number of anilines is 1. The molecule has 0 aromatic heterocycles. The Morgan fingerprint density at radius 1 is 1.10 bits per heavy atom. The third-order valence-electron chi connectivity index (χ3n) is 5.72. The first-order chi connectivity index (χ1) is 15.0. The number of rotatable bonds is 7. The molecule has 0 fully saturated rings. The zero-order chi connectivity index (χ0) is 21.7. The summed E-state index contributed by atoms with van der Waals surface area (Å²) in [5.41, 5.74) is 5.17. The largest absolute Gasteiger partial charge is 0.458 e. The normalized spacial score (nSPS) is 17.6. The average molecular weight is 436 g/mol. The van der Waals surface area contributed by atoms with Crippen molar-refractivity contribution in [3.05, 3.63) is 95.7 Å². The molecule has 0 amide bonds. The number of hydrogen-bond donors (Lipinski definition) is 1. The molecule has 0 saturated carbocycles. The molecule has 1 N–H and O–H groups in total. The Morgan fingerprint density at radius 2 is 1.87 bits per heavy atom. The van der Waals surface area contributed by atoms with E-state index in [0.717, 1.165) is 32.2 Å². The van der Waals surface area contributed by atoms with E-state index in [9.17, 15) is 9.46 Å². The van der Waals surface area contributed by atoms with Crippen LogP contribution in [0.25, 0.3) is 0 Å².